The van der Waals surface area contributed by atoms with Crippen molar-refractivity contribution in [1.82, 2.24) is 9.80 Å². The molecule has 0 spiro atoms. The SMILES string of the molecule is CCN1C(=O)C2=C(c3ccc(-c4cccc(O)c4)s3)N(CC)C(=O)C2=C1c1ccc(-c2cccc(O)c2)s1. The van der Waals surface area contributed by atoms with Crippen molar-refractivity contribution in [2.24, 2.45) is 0 Å². The molecule has 2 aliphatic rings. The monoisotopic (exact) mass is 540 g/mol. The highest BCUT2D eigenvalue weighted by Gasteiger charge is 2.48. The van der Waals surface area contributed by atoms with Crippen LogP contribution < -0.4 is 0 Å². The Morgan fingerprint density at radius 1 is 0.605 bits per heavy atom. The minimum Gasteiger partial charge on any atom is -0.508 e. The third kappa shape index (κ3) is 3.76. The molecule has 38 heavy (non-hydrogen) atoms. The van der Waals surface area contributed by atoms with Gasteiger partial charge in [-0.05, 0) is 73.5 Å². The topological polar surface area (TPSA) is 81.1 Å². The Balaban J connectivity index is 1.50. The van der Waals surface area contributed by atoms with Gasteiger partial charge in [-0.2, -0.15) is 0 Å². The van der Waals surface area contributed by atoms with Crippen molar-refractivity contribution in [1.29, 1.82) is 0 Å². The maximum atomic E-state index is 13.8. The van der Waals surface area contributed by atoms with Gasteiger partial charge in [-0.15, -0.1) is 22.7 Å². The van der Waals surface area contributed by atoms with Gasteiger partial charge >= 0.3 is 0 Å². The fraction of sp³-hybridized carbons (Fsp3) is 0.133. The summed E-state index contributed by atoms with van der Waals surface area (Å²) in [5.74, 6) is 0.0325. The number of benzene rings is 2. The Bertz CT molecular complexity index is 1550. The summed E-state index contributed by atoms with van der Waals surface area (Å²) < 4.78 is 0. The molecule has 0 bridgehead atoms. The summed E-state index contributed by atoms with van der Waals surface area (Å²) in [6, 6.07) is 21.9. The van der Waals surface area contributed by atoms with Crippen LogP contribution in [0.4, 0.5) is 0 Å². The fourth-order valence-corrected chi connectivity index (χ4v) is 7.20. The number of amides is 2. The van der Waals surface area contributed by atoms with E-state index in [4.69, 9.17) is 0 Å². The second kappa shape index (κ2) is 9.31. The van der Waals surface area contributed by atoms with Crippen LogP contribution in [0.25, 0.3) is 32.3 Å². The molecule has 8 heteroatoms. The molecule has 0 aliphatic carbocycles. The Labute approximate surface area is 228 Å². The highest BCUT2D eigenvalue weighted by Crippen LogP contribution is 2.49. The van der Waals surface area contributed by atoms with Crippen LogP contribution in [0.1, 0.15) is 23.6 Å². The molecule has 2 N–H and O–H groups in total. The predicted molar refractivity (Wildman–Crippen MR) is 151 cm³/mol. The quantitative estimate of drug-likeness (QED) is 0.297. The number of nitrogens with zero attached hydrogens (tertiary/aromatic N) is 2. The van der Waals surface area contributed by atoms with Gasteiger partial charge in [-0.3, -0.25) is 9.59 Å². The maximum absolute atomic E-state index is 13.8. The van der Waals surface area contributed by atoms with Gasteiger partial charge in [0.2, 0.25) is 0 Å². The molecule has 6 rings (SSSR count). The number of likely N-dealkylation sites (N-methyl/N-ethyl adjacent to an activating group) is 2. The lowest BCUT2D eigenvalue weighted by atomic mass is 10.1. The second-order valence-electron chi connectivity index (χ2n) is 8.97. The smallest absolute Gasteiger partial charge is 0.261 e. The van der Waals surface area contributed by atoms with E-state index in [-0.39, 0.29) is 23.3 Å². The second-order valence-corrected chi connectivity index (χ2v) is 11.1. The van der Waals surface area contributed by atoms with E-state index < -0.39 is 0 Å². The Kier molecular flexibility index (Phi) is 5.93. The standard InChI is InChI=1S/C30H24N2O4S2/c1-3-31-27(23-13-11-21(37-23)17-7-5-9-19(33)15-17)25-26(29(31)35)28(32(4-2)30(25)36)24-14-12-22(38-24)18-8-6-10-20(34)16-18/h5-16,33-34H,3-4H2,1-2H3. The third-order valence-corrected chi connectivity index (χ3v) is 9.04. The number of carbonyl (C=O) groups excluding carboxylic acids is 2. The zero-order chi connectivity index (χ0) is 26.6. The molecular weight excluding hydrogens is 516 g/mol. The molecular formula is C30H24N2O4S2. The van der Waals surface area contributed by atoms with Crippen LogP contribution >= 0.6 is 22.7 Å². The van der Waals surface area contributed by atoms with Gasteiger partial charge in [-0.25, -0.2) is 0 Å². The largest absolute Gasteiger partial charge is 0.508 e. The number of phenols is 2. The lowest BCUT2D eigenvalue weighted by Crippen LogP contribution is -2.29. The van der Waals surface area contributed by atoms with Crippen molar-refractivity contribution in [3.8, 4) is 32.4 Å². The van der Waals surface area contributed by atoms with Crippen LogP contribution in [0, 0.1) is 0 Å². The van der Waals surface area contributed by atoms with Crippen LogP contribution in [-0.2, 0) is 9.59 Å². The van der Waals surface area contributed by atoms with Crippen molar-refractivity contribution in [2.75, 3.05) is 13.1 Å². The lowest BCUT2D eigenvalue weighted by molar-refractivity contribution is -0.124. The maximum Gasteiger partial charge on any atom is 0.261 e. The summed E-state index contributed by atoms with van der Waals surface area (Å²) in [6.07, 6.45) is 0. The molecule has 2 amide bonds. The van der Waals surface area contributed by atoms with Gasteiger partial charge in [-0.1, -0.05) is 24.3 Å². The molecule has 4 heterocycles. The summed E-state index contributed by atoms with van der Waals surface area (Å²) in [6.45, 7) is 4.70. The number of phenolic OH excluding ortho intramolecular Hbond substituents is 2. The highest BCUT2D eigenvalue weighted by atomic mass is 32.1. The van der Waals surface area contributed by atoms with Crippen LogP contribution in [0.15, 0.2) is 83.9 Å². The van der Waals surface area contributed by atoms with E-state index >= 15 is 0 Å². The van der Waals surface area contributed by atoms with Crippen LogP contribution in [0.5, 0.6) is 11.5 Å². The number of thiophene rings is 2. The van der Waals surface area contributed by atoms with Crippen LogP contribution in [-0.4, -0.2) is 44.9 Å². The number of hydrogen-bond acceptors (Lipinski definition) is 6. The predicted octanol–water partition coefficient (Wildman–Crippen LogP) is 6.40. The van der Waals surface area contributed by atoms with Gasteiger partial charge in [0.25, 0.3) is 11.8 Å². The molecule has 0 radical (unpaired) electrons. The highest BCUT2D eigenvalue weighted by molar-refractivity contribution is 7.17. The molecule has 2 aromatic carbocycles. The zero-order valence-corrected chi connectivity index (χ0v) is 22.4. The first kappa shape index (κ1) is 24.2. The number of rotatable bonds is 6. The van der Waals surface area contributed by atoms with Crippen molar-refractivity contribution in [2.45, 2.75) is 13.8 Å². The fourth-order valence-electron chi connectivity index (χ4n) is 5.07. The van der Waals surface area contributed by atoms with E-state index in [1.54, 1.807) is 46.2 Å². The first-order valence-corrected chi connectivity index (χ1v) is 14.0. The Morgan fingerprint density at radius 2 is 1.00 bits per heavy atom. The van der Waals surface area contributed by atoms with Crippen molar-refractivity contribution in [3.63, 3.8) is 0 Å². The Morgan fingerprint density at radius 3 is 1.37 bits per heavy atom. The molecule has 6 nitrogen and oxygen atoms in total. The average molecular weight is 541 g/mol. The molecule has 0 saturated carbocycles. The normalized spacial score (nSPS) is 15.3. The first-order chi connectivity index (χ1) is 18.4. The van der Waals surface area contributed by atoms with E-state index in [0.717, 1.165) is 30.6 Å². The molecule has 0 atom stereocenters. The van der Waals surface area contributed by atoms with Crippen molar-refractivity contribution in [3.05, 3.63) is 93.7 Å². The van der Waals surface area contributed by atoms with E-state index in [2.05, 4.69) is 0 Å². The number of aromatic hydroxyl groups is 2. The van der Waals surface area contributed by atoms with E-state index in [9.17, 15) is 19.8 Å². The van der Waals surface area contributed by atoms with Crippen LogP contribution in [0.2, 0.25) is 0 Å². The summed E-state index contributed by atoms with van der Waals surface area (Å²) in [4.78, 5) is 34.6. The minimum atomic E-state index is -0.170. The average Bonchev–Trinajstić information content (AvgIpc) is 3.68. The van der Waals surface area contributed by atoms with E-state index in [1.165, 1.54) is 22.7 Å². The number of carbonyl (C=O) groups is 2. The van der Waals surface area contributed by atoms with Gasteiger partial charge < -0.3 is 20.0 Å². The van der Waals surface area contributed by atoms with Crippen LogP contribution in [0.3, 0.4) is 0 Å². The Hall–Kier alpha value is -4.14. The van der Waals surface area contributed by atoms with Crippen molar-refractivity contribution >= 4 is 45.9 Å². The van der Waals surface area contributed by atoms with Crippen molar-refractivity contribution < 1.29 is 19.8 Å². The van der Waals surface area contributed by atoms with Gasteiger partial charge in [0.05, 0.1) is 32.3 Å². The molecule has 4 aromatic rings. The molecule has 2 aromatic heterocycles. The van der Waals surface area contributed by atoms with Gasteiger partial charge in [0.15, 0.2) is 0 Å². The molecule has 190 valence electrons. The lowest BCUT2D eigenvalue weighted by Gasteiger charge is -2.22. The summed E-state index contributed by atoms with van der Waals surface area (Å²) in [7, 11) is 0. The minimum absolute atomic E-state index is 0.170. The summed E-state index contributed by atoms with van der Waals surface area (Å²) >= 11 is 2.99. The molecule has 2 aliphatic heterocycles. The zero-order valence-electron chi connectivity index (χ0n) is 20.8. The molecule has 0 saturated heterocycles. The molecule has 0 unspecified atom stereocenters. The van der Waals surface area contributed by atoms with E-state index in [1.807, 2.05) is 50.2 Å². The van der Waals surface area contributed by atoms with E-state index in [0.29, 0.717) is 35.6 Å². The summed E-state index contributed by atoms with van der Waals surface area (Å²) in [5, 5.41) is 19.8. The van der Waals surface area contributed by atoms with Gasteiger partial charge in [0, 0.05) is 22.8 Å². The summed E-state index contributed by atoms with van der Waals surface area (Å²) in [5.41, 5.74) is 3.94. The number of fused-ring (bicyclic) bond motifs is 1. The third-order valence-electron chi connectivity index (χ3n) is 6.75. The first-order valence-electron chi connectivity index (χ1n) is 12.3. The molecule has 0 fully saturated rings. The number of hydrogen-bond donors (Lipinski definition) is 2. The van der Waals surface area contributed by atoms with Gasteiger partial charge in [0.1, 0.15) is 11.5 Å².